The maximum atomic E-state index is 5.78. The summed E-state index contributed by atoms with van der Waals surface area (Å²) in [6.07, 6.45) is 0.738. The van der Waals surface area contributed by atoms with Gasteiger partial charge in [0.15, 0.2) is 11.5 Å². The third-order valence-electron chi connectivity index (χ3n) is 3.08. The van der Waals surface area contributed by atoms with Crippen LogP contribution in [0, 0.1) is 0 Å². The van der Waals surface area contributed by atoms with Crippen LogP contribution in [-0.4, -0.2) is 42.7 Å². The lowest BCUT2D eigenvalue weighted by Crippen LogP contribution is -2.36. The Hall–Kier alpha value is -1.33. The molecule has 5 heteroatoms. The molecule has 1 aromatic carbocycles. The lowest BCUT2D eigenvalue weighted by molar-refractivity contribution is 0.177. The molecule has 1 aromatic rings. The summed E-state index contributed by atoms with van der Waals surface area (Å²) >= 11 is 4.93. The number of para-hydroxylation sites is 2. The number of nitrogens with zero attached hydrogens (tertiary/aromatic N) is 1. The van der Waals surface area contributed by atoms with Gasteiger partial charge in [0.2, 0.25) is 0 Å². The molecular weight excluding hydrogens is 272 g/mol. The maximum Gasteiger partial charge on any atom is 0.161 e. The summed E-state index contributed by atoms with van der Waals surface area (Å²) < 4.78 is 11.0. The van der Waals surface area contributed by atoms with E-state index in [0.29, 0.717) is 17.6 Å². The number of ether oxygens (including phenoxy) is 2. The van der Waals surface area contributed by atoms with Crippen molar-refractivity contribution in [1.29, 1.82) is 0 Å². The molecule has 0 atom stereocenters. The van der Waals surface area contributed by atoms with Crippen molar-refractivity contribution in [1.82, 2.24) is 4.90 Å². The van der Waals surface area contributed by atoms with E-state index in [1.807, 2.05) is 24.3 Å². The van der Waals surface area contributed by atoms with Gasteiger partial charge in [0.25, 0.3) is 0 Å². The van der Waals surface area contributed by atoms with E-state index in [4.69, 9.17) is 27.4 Å². The van der Waals surface area contributed by atoms with Crippen LogP contribution in [0.15, 0.2) is 24.3 Å². The Labute approximate surface area is 126 Å². The second kappa shape index (κ2) is 8.76. The number of nitrogens with two attached hydrogens (primary N) is 1. The van der Waals surface area contributed by atoms with Crippen LogP contribution in [0.1, 0.15) is 20.3 Å². The highest BCUT2D eigenvalue weighted by Crippen LogP contribution is 2.25. The summed E-state index contributed by atoms with van der Waals surface area (Å²) in [5.41, 5.74) is 5.56. The Morgan fingerprint density at radius 2 is 1.90 bits per heavy atom. The predicted molar refractivity (Wildman–Crippen MR) is 86.6 cm³/mol. The van der Waals surface area contributed by atoms with E-state index >= 15 is 0 Å². The Morgan fingerprint density at radius 1 is 1.25 bits per heavy atom. The molecule has 4 nitrogen and oxygen atoms in total. The van der Waals surface area contributed by atoms with Crippen molar-refractivity contribution in [3.8, 4) is 11.5 Å². The van der Waals surface area contributed by atoms with Crippen molar-refractivity contribution in [2.45, 2.75) is 26.3 Å². The summed E-state index contributed by atoms with van der Waals surface area (Å²) in [4.78, 5) is 2.86. The van der Waals surface area contributed by atoms with E-state index in [2.05, 4.69) is 18.7 Å². The van der Waals surface area contributed by atoms with Crippen LogP contribution in [0.4, 0.5) is 0 Å². The van der Waals surface area contributed by atoms with Gasteiger partial charge in [-0.3, -0.25) is 4.90 Å². The largest absolute Gasteiger partial charge is 0.493 e. The predicted octanol–water partition coefficient (Wildman–Crippen LogP) is 2.46. The number of hydrogen-bond donors (Lipinski definition) is 1. The summed E-state index contributed by atoms with van der Waals surface area (Å²) in [5.74, 6) is 1.53. The molecule has 0 aliphatic carbocycles. The van der Waals surface area contributed by atoms with Gasteiger partial charge in [0.1, 0.15) is 6.61 Å². The number of rotatable bonds is 9. The lowest BCUT2D eigenvalue weighted by Gasteiger charge is -2.26. The van der Waals surface area contributed by atoms with Gasteiger partial charge in [-0.1, -0.05) is 24.4 Å². The van der Waals surface area contributed by atoms with Gasteiger partial charge in [-0.15, -0.1) is 0 Å². The second-order valence-corrected chi connectivity index (χ2v) is 5.37. The van der Waals surface area contributed by atoms with Crippen molar-refractivity contribution in [3.05, 3.63) is 24.3 Å². The normalized spacial score (nSPS) is 10.8. The van der Waals surface area contributed by atoms with Gasteiger partial charge in [0, 0.05) is 25.6 Å². The highest BCUT2D eigenvalue weighted by Gasteiger charge is 2.10. The molecule has 0 aliphatic heterocycles. The van der Waals surface area contributed by atoms with Gasteiger partial charge in [0.05, 0.1) is 12.1 Å². The monoisotopic (exact) mass is 296 g/mol. The minimum atomic E-state index is 0.436. The molecule has 0 radical (unpaired) electrons. The van der Waals surface area contributed by atoms with Crippen molar-refractivity contribution in [2.24, 2.45) is 5.73 Å². The zero-order valence-electron chi connectivity index (χ0n) is 12.5. The molecule has 0 aromatic heterocycles. The van der Waals surface area contributed by atoms with Crippen LogP contribution in [-0.2, 0) is 0 Å². The molecule has 0 aliphatic rings. The molecule has 0 bridgehead atoms. The highest BCUT2D eigenvalue weighted by molar-refractivity contribution is 7.80. The van der Waals surface area contributed by atoms with E-state index in [1.165, 1.54) is 0 Å². The summed E-state index contributed by atoms with van der Waals surface area (Å²) in [7, 11) is 1.64. The first-order valence-electron chi connectivity index (χ1n) is 6.82. The van der Waals surface area contributed by atoms with Crippen LogP contribution in [0.25, 0.3) is 0 Å². The lowest BCUT2D eigenvalue weighted by atomic mass is 10.3. The molecule has 20 heavy (non-hydrogen) atoms. The average molecular weight is 296 g/mol. The van der Waals surface area contributed by atoms with E-state index < -0.39 is 0 Å². The van der Waals surface area contributed by atoms with Crippen LogP contribution < -0.4 is 15.2 Å². The topological polar surface area (TPSA) is 47.7 Å². The zero-order chi connectivity index (χ0) is 15.0. The molecule has 112 valence electrons. The summed E-state index contributed by atoms with van der Waals surface area (Å²) in [5, 5.41) is 0. The first kappa shape index (κ1) is 16.7. The third kappa shape index (κ3) is 5.75. The van der Waals surface area contributed by atoms with Gasteiger partial charge >= 0.3 is 0 Å². The number of thiocarbonyl (C=S) groups is 1. The molecule has 1 rings (SSSR count). The molecule has 2 N–H and O–H groups in total. The van der Waals surface area contributed by atoms with Crippen molar-refractivity contribution in [3.63, 3.8) is 0 Å². The Bertz CT molecular complexity index is 424. The quantitative estimate of drug-likeness (QED) is 0.709. The van der Waals surface area contributed by atoms with Gasteiger partial charge in [-0.05, 0) is 26.0 Å². The molecule has 0 saturated carbocycles. The molecule has 0 amide bonds. The standard InChI is InChI=1S/C15H24N2O2S/c1-12(2)17(9-8-15(16)20)10-11-19-14-7-5-4-6-13(14)18-3/h4-7,12H,8-11H2,1-3H3,(H2,16,20). The Morgan fingerprint density at radius 3 is 2.45 bits per heavy atom. The summed E-state index contributed by atoms with van der Waals surface area (Å²) in [6, 6.07) is 8.10. The first-order valence-corrected chi connectivity index (χ1v) is 7.23. The SMILES string of the molecule is COc1ccccc1OCCN(CCC(N)=S)C(C)C. The van der Waals surface area contributed by atoms with E-state index in [-0.39, 0.29) is 0 Å². The zero-order valence-corrected chi connectivity index (χ0v) is 13.3. The molecule has 0 fully saturated rings. The minimum Gasteiger partial charge on any atom is -0.493 e. The molecule has 0 heterocycles. The molecular formula is C15H24N2O2S. The van der Waals surface area contributed by atoms with Gasteiger partial charge in [-0.25, -0.2) is 0 Å². The van der Waals surface area contributed by atoms with Crippen LogP contribution in [0.3, 0.4) is 0 Å². The minimum absolute atomic E-state index is 0.436. The first-order chi connectivity index (χ1) is 9.54. The van der Waals surface area contributed by atoms with E-state index in [0.717, 1.165) is 31.0 Å². The third-order valence-corrected chi connectivity index (χ3v) is 3.28. The van der Waals surface area contributed by atoms with E-state index in [1.54, 1.807) is 7.11 Å². The van der Waals surface area contributed by atoms with Crippen molar-refractivity contribution in [2.75, 3.05) is 26.8 Å². The Kier molecular flexibility index (Phi) is 7.33. The number of benzene rings is 1. The van der Waals surface area contributed by atoms with Crippen LogP contribution >= 0.6 is 12.2 Å². The fourth-order valence-electron chi connectivity index (χ4n) is 1.89. The average Bonchev–Trinajstić information content (AvgIpc) is 2.42. The van der Waals surface area contributed by atoms with Crippen molar-refractivity contribution < 1.29 is 9.47 Å². The second-order valence-electron chi connectivity index (χ2n) is 4.85. The number of hydrogen-bond acceptors (Lipinski definition) is 4. The van der Waals surface area contributed by atoms with Crippen LogP contribution in [0.2, 0.25) is 0 Å². The molecule has 0 spiro atoms. The number of methoxy groups -OCH3 is 1. The fourth-order valence-corrected chi connectivity index (χ4v) is 1.98. The molecule has 0 unspecified atom stereocenters. The van der Waals surface area contributed by atoms with E-state index in [9.17, 15) is 0 Å². The highest BCUT2D eigenvalue weighted by atomic mass is 32.1. The molecule has 0 saturated heterocycles. The van der Waals surface area contributed by atoms with Gasteiger partial charge < -0.3 is 15.2 Å². The summed E-state index contributed by atoms with van der Waals surface area (Å²) in [6.45, 7) is 6.61. The maximum absolute atomic E-state index is 5.78. The smallest absolute Gasteiger partial charge is 0.161 e. The van der Waals surface area contributed by atoms with Gasteiger partial charge in [-0.2, -0.15) is 0 Å². The van der Waals surface area contributed by atoms with Crippen LogP contribution in [0.5, 0.6) is 11.5 Å². The van der Waals surface area contributed by atoms with Crippen molar-refractivity contribution >= 4 is 17.2 Å². The Balaban J connectivity index is 2.45. The fraction of sp³-hybridized carbons (Fsp3) is 0.533.